The van der Waals surface area contributed by atoms with Crippen LogP contribution in [-0.4, -0.2) is 42.3 Å². The van der Waals surface area contributed by atoms with Gasteiger partial charge in [-0.25, -0.2) is 21.6 Å². The second kappa shape index (κ2) is 7.84. The van der Waals surface area contributed by atoms with E-state index in [4.69, 9.17) is 4.74 Å². The van der Waals surface area contributed by atoms with Crippen LogP contribution in [0.3, 0.4) is 0 Å². The van der Waals surface area contributed by atoms with E-state index in [2.05, 4.69) is 14.3 Å². The largest absolute Gasteiger partial charge is 0.457 e. The molecule has 2 aliphatic heterocycles. The fourth-order valence-electron chi connectivity index (χ4n) is 3.83. The molecule has 0 amide bonds. The van der Waals surface area contributed by atoms with Gasteiger partial charge in [-0.2, -0.15) is 4.72 Å². The maximum atomic E-state index is 12.6. The molecule has 0 radical (unpaired) electrons. The number of benzene rings is 2. The van der Waals surface area contributed by atoms with Gasteiger partial charge in [0.05, 0.1) is 18.1 Å². The van der Waals surface area contributed by atoms with E-state index in [0.29, 0.717) is 23.7 Å². The third kappa shape index (κ3) is 4.46. The molecule has 0 bridgehead atoms. The summed E-state index contributed by atoms with van der Waals surface area (Å²) in [6.07, 6.45) is 2.73. The lowest BCUT2D eigenvalue weighted by Crippen LogP contribution is -2.48. The molecule has 162 valence electrons. The second-order valence-electron chi connectivity index (χ2n) is 7.80. The topological polar surface area (TPSA) is 105 Å². The van der Waals surface area contributed by atoms with Crippen molar-refractivity contribution in [2.45, 2.75) is 36.7 Å². The van der Waals surface area contributed by atoms with E-state index in [0.717, 1.165) is 31.2 Å². The van der Waals surface area contributed by atoms with E-state index in [9.17, 15) is 16.8 Å². The number of nitrogens with zero attached hydrogens (tertiary/aromatic N) is 1. The summed E-state index contributed by atoms with van der Waals surface area (Å²) in [6, 6.07) is 12.4. The third-order valence-corrected chi connectivity index (χ3v) is 7.59. The molecule has 10 heteroatoms. The summed E-state index contributed by atoms with van der Waals surface area (Å²) in [5.74, 6) is 1.01. The average Bonchev–Trinajstić information content (AvgIpc) is 3.14. The zero-order valence-corrected chi connectivity index (χ0v) is 18.5. The highest BCUT2D eigenvalue weighted by atomic mass is 32.2. The van der Waals surface area contributed by atoms with Gasteiger partial charge in [-0.05, 0) is 48.6 Å². The van der Waals surface area contributed by atoms with Crippen LogP contribution in [0.15, 0.2) is 47.4 Å². The fourth-order valence-corrected chi connectivity index (χ4v) is 5.84. The number of fused-ring (bicyclic) bond motifs is 3. The van der Waals surface area contributed by atoms with Crippen LogP contribution in [-0.2, 0) is 20.0 Å². The van der Waals surface area contributed by atoms with Crippen molar-refractivity contribution >= 4 is 25.7 Å². The van der Waals surface area contributed by atoms with Crippen molar-refractivity contribution < 1.29 is 21.6 Å². The Balaban J connectivity index is 1.50. The van der Waals surface area contributed by atoms with Gasteiger partial charge in [-0.3, -0.25) is 0 Å². The zero-order valence-electron chi connectivity index (χ0n) is 16.8. The molecule has 2 heterocycles. The van der Waals surface area contributed by atoms with E-state index >= 15 is 0 Å². The Bertz CT molecular complexity index is 1150. The van der Waals surface area contributed by atoms with E-state index in [1.165, 1.54) is 0 Å². The molecular weight excluding hydrogens is 426 g/mol. The molecule has 4 rings (SSSR count). The van der Waals surface area contributed by atoms with Gasteiger partial charge in [0.1, 0.15) is 16.4 Å². The molecule has 2 unspecified atom stereocenters. The highest BCUT2D eigenvalue weighted by molar-refractivity contribution is 7.89. The zero-order chi connectivity index (χ0) is 21.5. The lowest BCUT2D eigenvalue weighted by Gasteiger charge is -2.33. The maximum Gasteiger partial charge on any atom is 0.244 e. The molecule has 0 spiro atoms. The van der Waals surface area contributed by atoms with Gasteiger partial charge >= 0.3 is 0 Å². The van der Waals surface area contributed by atoms with E-state index in [1.54, 1.807) is 30.3 Å². The Hall–Kier alpha value is -2.14. The van der Waals surface area contributed by atoms with Gasteiger partial charge in [0.15, 0.2) is 0 Å². The van der Waals surface area contributed by atoms with Crippen molar-refractivity contribution in [2.24, 2.45) is 0 Å². The Morgan fingerprint density at radius 2 is 1.90 bits per heavy atom. The smallest absolute Gasteiger partial charge is 0.244 e. The molecule has 0 aromatic heterocycles. The molecule has 0 aliphatic carbocycles. The molecule has 0 saturated carbocycles. The molecule has 2 aliphatic rings. The van der Waals surface area contributed by atoms with Crippen molar-refractivity contribution in [1.29, 1.82) is 0 Å². The van der Waals surface area contributed by atoms with Gasteiger partial charge < -0.3 is 9.64 Å². The number of nitrogens with one attached hydrogen (secondary N) is 2. The first-order valence-corrected chi connectivity index (χ1v) is 13.2. The predicted octanol–water partition coefficient (Wildman–Crippen LogP) is 2.35. The number of sulfonamides is 2. The minimum Gasteiger partial charge on any atom is -0.457 e. The van der Waals surface area contributed by atoms with Crippen molar-refractivity contribution in [3.8, 4) is 11.5 Å². The third-order valence-electron chi connectivity index (χ3n) is 5.41. The van der Waals surface area contributed by atoms with Crippen LogP contribution < -0.4 is 19.1 Å². The molecule has 2 N–H and O–H groups in total. The van der Waals surface area contributed by atoms with Crippen LogP contribution in [0.5, 0.6) is 11.5 Å². The Morgan fingerprint density at radius 1 is 1.20 bits per heavy atom. The molecule has 2 atom stereocenters. The van der Waals surface area contributed by atoms with Crippen LogP contribution in [0.25, 0.3) is 0 Å². The fraction of sp³-hybridized carbons (Fsp3) is 0.400. The molecular formula is C20H25N3O5S2. The second-order valence-corrected chi connectivity index (χ2v) is 11.3. The maximum absolute atomic E-state index is 12.6. The minimum atomic E-state index is -3.58. The summed E-state index contributed by atoms with van der Waals surface area (Å²) in [4.78, 5) is 2.32. The minimum absolute atomic E-state index is 0.00199. The van der Waals surface area contributed by atoms with Crippen LogP contribution in [0.4, 0.5) is 5.69 Å². The molecule has 1 fully saturated rings. The first kappa shape index (κ1) is 21.1. The summed E-state index contributed by atoms with van der Waals surface area (Å²) in [5, 5.41) is 0. The van der Waals surface area contributed by atoms with E-state index in [-0.39, 0.29) is 17.0 Å². The SMILES string of the molecule is CC(CNS(C)(=O)=O)c1ccc(Oc2ccc3c(c2)S(=O)(=O)NC2CCCN32)cc1. The van der Waals surface area contributed by atoms with E-state index < -0.39 is 20.0 Å². The summed E-state index contributed by atoms with van der Waals surface area (Å²) in [6.45, 7) is 3.07. The lowest BCUT2D eigenvalue weighted by atomic mass is 10.0. The Morgan fingerprint density at radius 3 is 2.60 bits per heavy atom. The summed E-state index contributed by atoms with van der Waals surface area (Å²) >= 11 is 0. The monoisotopic (exact) mass is 451 g/mol. The van der Waals surface area contributed by atoms with Gasteiger partial charge in [-0.15, -0.1) is 0 Å². The molecule has 2 aromatic carbocycles. The van der Waals surface area contributed by atoms with Crippen LogP contribution >= 0.6 is 0 Å². The first-order chi connectivity index (χ1) is 14.1. The van der Waals surface area contributed by atoms with Crippen molar-refractivity contribution in [3.63, 3.8) is 0 Å². The molecule has 8 nitrogen and oxygen atoms in total. The summed E-state index contributed by atoms with van der Waals surface area (Å²) in [5.41, 5.74) is 1.68. The van der Waals surface area contributed by atoms with Gasteiger partial charge in [0.2, 0.25) is 20.0 Å². The first-order valence-electron chi connectivity index (χ1n) is 9.78. The number of hydrogen-bond donors (Lipinski definition) is 2. The Labute approximate surface area is 177 Å². The predicted molar refractivity (Wildman–Crippen MR) is 115 cm³/mol. The number of hydrogen-bond acceptors (Lipinski definition) is 6. The van der Waals surface area contributed by atoms with Gasteiger partial charge in [0.25, 0.3) is 0 Å². The van der Waals surface area contributed by atoms with Crippen LogP contribution in [0.2, 0.25) is 0 Å². The Kier molecular flexibility index (Phi) is 5.52. The van der Waals surface area contributed by atoms with Crippen molar-refractivity contribution in [3.05, 3.63) is 48.0 Å². The van der Waals surface area contributed by atoms with Crippen LogP contribution in [0, 0.1) is 0 Å². The molecule has 1 saturated heterocycles. The van der Waals surface area contributed by atoms with Crippen molar-refractivity contribution in [1.82, 2.24) is 9.44 Å². The number of rotatable bonds is 6. The van der Waals surface area contributed by atoms with Gasteiger partial charge in [-0.1, -0.05) is 19.1 Å². The summed E-state index contributed by atoms with van der Waals surface area (Å²) in [7, 11) is -6.81. The normalized spacial score (nSPS) is 21.0. The summed E-state index contributed by atoms with van der Waals surface area (Å²) < 4.78 is 58.9. The highest BCUT2D eigenvalue weighted by Crippen LogP contribution is 2.38. The molecule has 2 aromatic rings. The average molecular weight is 452 g/mol. The van der Waals surface area contributed by atoms with Crippen LogP contribution in [0.1, 0.15) is 31.2 Å². The van der Waals surface area contributed by atoms with Crippen molar-refractivity contribution in [2.75, 3.05) is 24.2 Å². The lowest BCUT2D eigenvalue weighted by molar-refractivity contribution is 0.478. The highest BCUT2D eigenvalue weighted by Gasteiger charge is 2.37. The molecule has 30 heavy (non-hydrogen) atoms. The number of anilines is 1. The van der Waals surface area contributed by atoms with E-state index in [1.807, 2.05) is 19.1 Å². The quantitative estimate of drug-likeness (QED) is 0.699. The number of ether oxygens (including phenoxy) is 1. The standard InChI is InChI=1S/C20H25N3O5S2/c1-14(13-21-29(2,24)25)15-5-7-16(8-6-15)28-17-9-10-18-19(12-17)30(26,27)22-20-4-3-11-23(18)20/h5-10,12,14,20-22H,3-4,11,13H2,1-2H3. The van der Waals surface area contributed by atoms with Gasteiger partial charge in [0, 0.05) is 19.2 Å².